The summed E-state index contributed by atoms with van der Waals surface area (Å²) in [7, 11) is 1.73. The first kappa shape index (κ1) is 15.7. The molecule has 0 saturated carbocycles. The van der Waals surface area contributed by atoms with E-state index < -0.39 is 0 Å². The summed E-state index contributed by atoms with van der Waals surface area (Å²) in [5, 5.41) is 0. The molecule has 0 atom stereocenters. The number of aryl methyl sites for hydroxylation is 1. The Hall–Kier alpha value is -3.21. The minimum absolute atomic E-state index is 0.424. The number of para-hydroxylation sites is 1. The van der Waals surface area contributed by atoms with Crippen LogP contribution in [0.15, 0.2) is 65.9 Å². The first-order valence-corrected chi connectivity index (χ1v) is 7.56. The Morgan fingerprint density at radius 3 is 2.25 bits per heavy atom. The third-order valence-corrected chi connectivity index (χ3v) is 3.63. The molecule has 0 spiro atoms. The van der Waals surface area contributed by atoms with Gasteiger partial charge in [0.05, 0.1) is 17.0 Å². The molecular formula is C19H18N4O. The highest BCUT2D eigenvalue weighted by atomic mass is 16.5. The van der Waals surface area contributed by atoms with Crippen LogP contribution in [0, 0.1) is 6.92 Å². The maximum Gasteiger partial charge on any atom is 0.136 e. The number of nitrogens with two attached hydrogens (primary N) is 1. The van der Waals surface area contributed by atoms with Gasteiger partial charge in [-0.25, -0.2) is 9.97 Å². The molecule has 120 valence electrons. The largest absolute Gasteiger partial charge is 0.457 e. The van der Waals surface area contributed by atoms with Gasteiger partial charge in [-0.3, -0.25) is 4.99 Å². The number of hydrogen-bond donors (Lipinski definition) is 1. The second kappa shape index (κ2) is 6.91. The van der Waals surface area contributed by atoms with Gasteiger partial charge < -0.3 is 10.5 Å². The normalized spacial score (nSPS) is 11.3. The zero-order chi connectivity index (χ0) is 16.9. The van der Waals surface area contributed by atoms with Gasteiger partial charge in [0.15, 0.2) is 0 Å². The van der Waals surface area contributed by atoms with Crippen LogP contribution in [0.25, 0.3) is 0 Å². The number of rotatable bonds is 4. The van der Waals surface area contributed by atoms with Crippen molar-refractivity contribution in [3.63, 3.8) is 0 Å². The van der Waals surface area contributed by atoms with E-state index >= 15 is 0 Å². The van der Waals surface area contributed by atoms with E-state index in [1.807, 2.05) is 61.5 Å². The van der Waals surface area contributed by atoms with Crippen molar-refractivity contribution < 1.29 is 4.74 Å². The molecule has 0 unspecified atom stereocenters. The number of aliphatic imine (C=N–C) groups is 1. The second-order valence-electron chi connectivity index (χ2n) is 5.23. The minimum Gasteiger partial charge on any atom is -0.457 e. The van der Waals surface area contributed by atoms with Crippen molar-refractivity contribution in [1.29, 1.82) is 0 Å². The average molecular weight is 318 g/mol. The van der Waals surface area contributed by atoms with Gasteiger partial charge in [0, 0.05) is 12.6 Å². The van der Waals surface area contributed by atoms with Crippen LogP contribution < -0.4 is 10.5 Å². The fourth-order valence-electron chi connectivity index (χ4n) is 2.48. The van der Waals surface area contributed by atoms with Crippen molar-refractivity contribution in [3.05, 3.63) is 77.7 Å². The lowest BCUT2D eigenvalue weighted by atomic mass is 10.0. The molecule has 0 fully saturated rings. The molecule has 0 aliphatic heterocycles. The van der Waals surface area contributed by atoms with Crippen molar-refractivity contribution in [3.8, 4) is 11.5 Å². The van der Waals surface area contributed by atoms with Crippen LogP contribution in [-0.2, 0) is 0 Å². The predicted molar refractivity (Wildman–Crippen MR) is 95.7 cm³/mol. The van der Waals surface area contributed by atoms with E-state index in [0.717, 1.165) is 34.0 Å². The number of nitrogen functional groups attached to an aromatic ring is 1. The highest BCUT2D eigenvalue weighted by Gasteiger charge is 2.14. The molecule has 0 aliphatic rings. The SMILES string of the molecule is CN=C(c1ccc(Oc2ccccc2)cc1)c1c(C)ncnc1N. The highest BCUT2D eigenvalue weighted by Crippen LogP contribution is 2.23. The standard InChI is InChI=1S/C19H18N4O/c1-13-17(19(20)23-12-22-13)18(21-2)14-8-10-16(11-9-14)24-15-6-4-3-5-7-15/h3-12H,1-2H3,(H2,20,22,23). The quantitative estimate of drug-likeness (QED) is 0.746. The van der Waals surface area contributed by atoms with Gasteiger partial charge in [0.25, 0.3) is 0 Å². The first-order chi connectivity index (χ1) is 11.7. The van der Waals surface area contributed by atoms with Crippen molar-refractivity contribution >= 4 is 11.5 Å². The topological polar surface area (TPSA) is 73.4 Å². The average Bonchev–Trinajstić information content (AvgIpc) is 2.60. The Balaban J connectivity index is 1.89. The summed E-state index contributed by atoms with van der Waals surface area (Å²) in [6, 6.07) is 17.4. The Morgan fingerprint density at radius 1 is 0.958 bits per heavy atom. The molecule has 0 radical (unpaired) electrons. The summed E-state index contributed by atoms with van der Waals surface area (Å²) >= 11 is 0. The molecule has 0 aliphatic carbocycles. The van der Waals surface area contributed by atoms with E-state index in [1.54, 1.807) is 7.05 Å². The van der Waals surface area contributed by atoms with Gasteiger partial charge in [0.2, 0.25) is 0 Å². The smallest absolute Gasteiger partial charge is 0.136 e. The second-order valence-corrected chi connectivity index (χ2v) is 5.23. The summed E-state index contributed by atoms with van der Waals surface area (Å²) in [6.07, 6.45) is 1.46. The zero-order valence-electron chi connectivity index (χ0n) is 13.6. The van der Waals surface area contributed by atoms with Gasteiger partial charge in [-0.1, -0.05) is 18.2 Å². The van der Waals surface area contributed by atoms with E-state index in [9.17, 15) is 0 Å². The number of benzene rings is 2. The van der Waals surface area contributed by atoms with Crippen molar-refractivity contribution in [2.24, 2.45) is 4.99 Å². The van der Waals surface area contributed by atoms with E-state index in [0.29, 0.717) is 5.82 Å². The molecule has 24 heavy (non-hydrogen) atoms. The summed E-state index contributed by atoms with van der Waals surface area (Å²) in [5.74, 6) is 1.98. The molecular weight excluding hydrogens is 300 g/mol. The maximum absolute atomic E-state index is 6.01. The van der Waals surface area contributed by atoms with Crippen LogP contribution in [0.4, 0.5) is 5.82 Å². The molecule has 3 rings (SSSR count). The fraction of sp³-hybridized carbons (Fsp3) is 0.105. The summed E-state index contributed by atoms with van der Waals surface area (Å²) < 4.78 is 5.81. The number of ether oxygens (including phenoxy) is 1. The van der Waals surface area contributed by atoms with Crippen LogP contribution >= 0.6 is 0 Å². The number of anilines is 1. The van der Waals surface area contributed by atoms with Crippen molar-refractivity contribution in [1.82, 2.24) is 9.97 Å². The van der Waals surface area contributed by atoms with Crippen molar-refractivity contribution in [2.75, 3.05) is 12.8 Å². The summed E-state index contributed by atoms with van der Waals surface area (Å²) in [6.45, 7) is 1.89. The molecule has 1 aromatic heterocycles. The monoisotopic (exact) mass is 318 g/mol. The maximum atomic E-state index is 6.01. The van der Waals surface area contributed by atoms with Crippen molar-refractivity contribution in [2.45, 2.75) is 6.92 Å². The molecule has 2 N–H and O–H groups in total. The van der Waals surface area contributed by atoms with E-state index in [-0.39, 0.29) is 0 Å². The molecule has 0 saturated heterocycles. The third-order valence-electron chi connectivity index (χ3n) is 3.63. The van der Waals surface area contributed by atoms with Gasteiger partial charge in [-0.2, -0.15) is 0 Å². The Bertz CT molecular complexity index is 838. The Kier molecular flexibility index (Phi) is 4.52. The minimum atomic E-state index is 0.424. The van der Waals surface area contributed by atoms with Crippen LogP contribution in [0.5, 0.6) is 11.5 Å². The van der Waals surface area contributed by atoms with Crippen LogP contribution in [0.1, 0.15) is 16.8 Å². The van der Waals surface area contributed by atoms with Gasteiger partial charge in [0.1, 0.15) is 23.6 Å². The molecule has 3 aromatic rings. The number of hydrogen-bond acceptors (Lipinski definition) is 5. The third kappa shape index (κ3) is 3.25. The van der Waals surface area contributed by atoms with Crippen LogP contribution in [0.3, 0.4) is 0 Å². The molecule has 2 aromatic carbocycles. The van der Waals surface area contributed by atoms with E-state index in [4.69, 9.17) is 10.5 Å². The summed E-state index contributed by atoms with van der Waals surface area (Å²) in [4.78, 5) is 12.7. The number of aromatic nitrogens is 2. The summed E-state index contributed by atoms with van der Waals surface area (Å²) in [5.41, 5.74) is 9.26. The predicted octanol–water partition coefficient (Wildman–Crippen LogP) is 3.63. The fourth-order valence-corrected chi connectivity index (χ4v) is 2.48. The van der Waals surface area contributed by atoms with Crippen LogP contribution in [0.2, 0.25) is 0 Å². The van der Waals surface area contributed by atoms with Crippen LogP contribution in [-0.4, -0.2) is 22.7 Å². The lowest BCUT2D eigenvalue weighted by molar-refractivity contribution is 0.482. The molecule has 5 heteroatoms. The lowest BCUT2D eigenvalue weighted by Crippen LogP contribution is -2.11. The first-order valence-electron chi connectivity index (χ1n) is 7.56. The lowest BCUT2D eigenvalue weighted by Gasteiger charge is -2.12. The van der Waals surface area contributed by atoms with Gasteiger partial charge in [-0.05, 0) is 43.3 Å². The molecule has 1 heterocycles. The van der Waals surface area contributed by atoms with E-state index in [1.165, 1.54) is 6.33 Å². The van der Waals surface area contributed by atoms with E-state index in [2.05, 4.69) is 15.0 Å². The van der Waals surface area contributed by atoms with Gasteiger partial charge >= 0.3 is 0 Å². The molecule has 0 bridgehead atoms. The van der Waals surface area contributed by atoms with Gasteiger partial charge in [-0.15, -0.1) is 0 Å². The molecule has 5 nitrogen and oxygen atoms in total. The molecule has 0 amide bonds. The highest BCUT2D eigenvalue weighted by molar-refractivity contribution is 6.15. The number of nitrogens with zero attached hydrogens (tertiary/aromatic N) is 3. The zero-order valence-corrected chi connectivity index (χ0v) is 13.6. The Morgan fingerprint density at radius 2 is 1.62 bits per heavy atom. The Labute approximate surface area is 140 Å².